The summed E-state index contributed by atoms with van der Waals surface area (Å²) in [5, 5.41) is 4.25. The van der Waals surface area contributed by atoms with Crippen molar-refractivity contribution in [2.75, 3.05) is 11.9 Å². The van der Waals surface area contributed by atoms with E-state index in [1.54, 1.807) is 0 Å². The molecular formula is C11H13ClIN. The fourth-order valence-electron chi connectivity index (χ4n) is 1.45. The zero-order valence-corrected chi connectivity index (χ0v) is 10.8. The van der Waals surface area contributed by atoms with Crippen LogP contribution in [0.25, 0.3) is 0 Å². The normalized spacial score (nSPS) is 15.6. The van der Waals surface area contributed by atoms with E-state index in [-0.39, 0.29) is 0 Å². The number of hydrogen-bond donors (Lipinski definition) is 1. The molecule has 0 heterocycles. The number of anilines is 1. The minimum Gasteiger partial charge on any atom is -0.384 e. The van der Waals surface area contributed by atoms with E-state index >= 15 is 0 Å². The standard InChI is InChI=1S/C11H13ClIN/c12-9-3-4-11(10(13)7-9)14-6-5-8-1-2-8/h3-4,7-8,14H,1-2,5-6H2. The van der Waals surface area contributed by atoms with Crippen LogP contribution in [0.3, 0.4) is 0 Å². The Morgan fingerprint density at radius 2 is 2.21 bits per heavy atom. The van der Waals surface area contributed by atoms with Crippen LogP contribution in [-0.4, -0.2) is 6.54 Å². The average molecular weight is 322 g/mol. The van der Waals surface area contributed by atoms with Gasteiger partial charge in [-0.15, -0.1) is 0 Å². The van der Waals surface area contributed by atoms with E-state index < -0.39 is 0 Å². The van der Waals surface area contributed by atoms with Crippen LogP contribution in [0.15, 0.2) is 18.2 Å². The molecule has 0 spiro atoms. The van der Waals surface area contributed by atoms with Crippen molar-refractivity contribution in [1.82, 2.24) is 0 Å². The van der Waals surface area contributed by atoms with Gasteiger partial charge in [0.25, 0.3) is 0 Å². The lowest BCUT2D eigenvalue weighted by molar-refractivity contribution is 0.760. The Kier molecular flexibility index (Phi) is 3.55. The van der Waals surface area contributed by atoms with Gasteiger partial charge in [-0.25, -0.2) is 0 Å². The monoisotopic (exact) mass is 321 g/mol. The van der Waals surface area contributed by atoms with Crippen molar-refractivity contribution < 1.29 is 0 Å². The molecule has 0 aliphatic heterocycles. The Morgan fingerprint density at radius 1 is 1.43 bits per heavy atom. The van der Waals surface area contributed by atoms with Crippen LogP contribution in [0, 0.1) is 9.49 Å². The molecule has 1 N–H and O–H groups in total. The van der Waals surface area contributed by atoms with Crippen LogP contribution < -0.4 is 5.32 Å². The highest BCUT2D eigenvalue weighted by Gasteiger charge is 2.20. The highest BCUT2D eigenvalue weighted by Crippen LogP contribution is 2.32. The molecule has 2 rings (SSSR count). The molecule has 76 valence electrons. The van der Waals surface area contributed by atoms with E-state index in [2.05, 4.69) is 34.0 Å². The van der Waals surface area contributed by atoms with Gasteiger partial charge in [0, 0.05) is 20.8 Å². The predicted molar refractivity (Wildman–Crippen MR) is 70.0 cm³/mol. The largest absolute Gasteiger partial charge is 0.384 e. The summed E-state index contributed by atoms with van der Waals surface area (Å²) < 4.78 is 1.20. The van der Waals surface area contributed by atoms with Crippen molar-refractivity contribution in [1.29, 1.82) is 0 Å². The van der Waals surface area contributed by atoms with Crippen molar-refractivity contribution in [2.45, 2.75) is 19.3 Å². The molecule has 1 aromatic carbocycles. The first-order valence-electron chi connectivity index (χ1n) is 4.94. The SMILES string of the molecule is Clc1ccc(NCCC2CC2)c(I)c1. The molecule has 1 aromatic rings. The summed E-state index contributed by atoms with van der Waals surface area (Å²) in [4.78, 5) is 0. The lowest BCUT2D eigenvalue weighted by Crippen LogP contribution is -2.03. The second kappa shape index (κ2) is 4.71. The molecule has 0 atom stereocenters. The lowest BCUT2D eigenvalue weighted by Gasteiger charge is -2.08. The minimum atomic E-state index is 0.808. The van der Waals surface area contributed by atoms with Crippen LogP contribution in [0.4, 0.5) is 5.69 Å². The van der Waals surface area contributed by atoms with Crippen molar-refractivity contribution in [3.63, 3.8) is 0 Å². The summed E-state index contributed by atoms with van der Waals surface area (Å²) in [6, 6.07) is 5.97. The van der Waals surface area contributed by atoms with Crippen molar-refractivity contribution >= 4 is 39.9 Å². The third kappa shape index (κ3) is 3.02. The zero-order valence-electron chi connectivity index (χ0n) is 7.89. The van der Waals surface area contributed by atoms with Gasteiger partial charge in [0.15, 0.2) is 0 Å². The molecule has 0 saturated heterocycles. The third-order valence-corrected chi connectivity index (χ3v) is 3.62. The molecule has 1 aliphatic rings. The second-order valence-electron chi connectivity index (χ2n) is 3.78. The number of halogens is 2. The Labute approximate surface area is 103 Å². The first-order valence-corrected chi connectivity index (χ1v) is 6.40. The van der Waals surface area contributed by atoms with Crippen LogP contribution in [-0.2, 0) is 0 Å². The molecule has 1 aliphatic carbocycles. The van der Waals surface area contributed by atoms with Gasteiger partial charge in [-0.1, -0.05) is 24.4 Å². The molecule has 1 nitrogen and oxygen atoms in total. The van der Waals surface area contributed by atoms with Crippen LogP contribution >= 0.6 is 34.2 Å². The van der Waals surface area contributed by atoms with E-state index in [9.17, 15) is 0 Å². The molecule has 0 bridgehead atoms. The fraction of sp³-hybridized carbons (Fsp3) is 0.455. The fourth-order valence-corrected chi connectivity index (χ4v) is 2.51. The highest BCUT2D eigenvalue weighted by molar-refractivity contribution is 14.1. The molecule has 14 heavy (non-hydrogen) atoms. The lowest BCUT2D eigenvalue weighted by atomic mass is 10.2. The van der Waals surface area contributed by atoms with Crippen molar-refractivity contribution in [3.05, 3.63) is 26.8 Å². The number of rotatable bonds is 4. The maximum absolute atomic E-state index is 5.88. The van der Waals surface area contributed by atoms with Crippen LogP contribution in [0.5, 0.6) is 0 Å². The molecule has 0 radical (unpaired) electrons. The van der Waals surface area contributed by atoms with Gasteiger partial charge >= 0.3 is 0 Å². The zero-order chi connectivity index (χ0) is 9.97. The third-order valence-electron chi connectivity index (χ3n) is 2.50. The maximum Gasteiger partial charge on any atom is 0.0476 e. The Hall–Kier alpha value is 0.0400. The second-order valence-corrected chi connectivity index (χ2v) is 5.38. The summed E-state index contributed by atoms with van der Waals surface area (Å²) in [7, 11) is 0. The maximum atomic E-state index is 5.88. The van der Waals surface area contributed by atoms with E-state index in [0.29, 0.717) is 0 Å². The summed E-state index contributed by atoms with van der Waals surface area (Å²) in [5.74, 6) is 0.993. The van der Waals surface area contributed by atoms with Gasteiger partial charge in [-0.2, -0.15) is 0 Å². The Morgan fingerprint density at radius 3 is 2.86 bits per heavy atom. The van der Waals surface area contributed by atoms with E-state index in [0.717, 1.165) is 17.5 Å². The summed E-state index contributed by atoms with van der Waals surface area (Å²) in [5.41, 5.74) is 1.20. The first kappa shape index (κ1) is 10.6. The Bertz CT molecular complexity index is 323. The van der Waals surface area contributed by atoms with Gasteiger partial charge < -0.3 is 5.32 Å². The average Bonchev–Trinajstić information content (AvgIpc) is 2.92. The minimum absolute atomic E-state index is 0.808. The van der Waals surface area contributed by atoms with E-state index in [4.69, 9.17) is 11.6 Å². The summed E-state index contributed by atoms with van der Waals surface area (Å²) in [6.07, 6.45) is 4.16. The molecule has 1 fully saturated rings. The van der Waals surface area contributed by atoms with Gasteiger partial charge in [-0.05, 0) is 53.1 Å². The molecule has 0 amide bonds. The van der Waals surface area contributed by atoms with Crippen LogP contribution in [0.2, 0.25) is 5.02 Å². The van der Waals surface area contributed by atoms with Crippen LogP contribution in [0.1, 0.15) is 19.3 Å². The predicted octanol–water partition coefficient (Wildman–Crippen LogP) is 4.16. The Balaban J connectivity index is 1.87. The van der Waals surface area contributed by atoms with E-state index in [1.165, 1.54) is 28.5 Å². The van der Waals surface area contributed by atoms with Crippen molar-refractivity contribution in [2.24, 2.45) is 5.92 Å². The van der Waals surface area contributed by atoms with Crippen molar-refractivity contribution in [3.8, 4) is 0 Å². The quantitative estimate of drug-likeness (QED) is 0.821. The first-order chi connectivity index (χ1) is 6.75. The summed E-state index contributed by atoms with van der Waals surface area (Å²) in [6.45, 7) is 1.09. The van der Waals surface area contributed by atoms with E-state index in [1.807, 2.05) is 12.1 Å². The van der Waals surface area contributed by atoms with Gasteiger partial charge in [-0.3, -0.25) is 0 Å². The van der Waals surface area contributed by atoms with Gasteiger partial charge in [0.1, 0.15) is 0 Å². The number of benzene rings is 1. The molecule has 0 unspecified atom stereocenters. The van der Waals surface area contributed by atoms with Gasteiger partial charge in [0.2, 0.25) is 0 Å². The highest BCUT2D eigenvalue weighted by atomic mass is 127. The topological polar surface area (TPSA) is 12.0 Å². The molecule has 3 heteroatoms. The number of nitrogens with one attached hydrogen (secondary N) is 1. The molecule has 1 saturated carbocycles. The smallest absolute Gasteiger partial charge is 0.0476 e. The molecular weight excluding hydrogens is 308 g/mol. The number of hydrogen-bond acceptors (Lipinski definition) is 1. The van der Waals surface area contributed by atoms with Gasteiger partial charge in [0.05, 0.1) is 0 Å². The molecule has 0 aromatic heterocycles. The summed E-state index contributed by atoms with van der Waals surface area (Å²) >= 11 is 8.19.